The minimum Gasteiger partial charge on any atom is -0.467 e. The number of aromatic nitrogens is 3. The number of nitrogens with zero attached hydrogens (tertiary/aromatic N) is 2. The number of carbonyl (C=O) groups excluding carboxylic acids is 1. The first-order valence-corrected chi connectivity index (χ1v) is 6.30. The predicted octanol–water partition coefficient (Wildman–Crippen LogP) is -0.0578. The van der Waals surface area contributed by atoms with Crippen LogP contribution in [0.1, 0.15) is 24.1 Å². The van der Waals surface area contributed by atoms with Crippen molar-refractivity contribution >= 4 is 5.91 Å². The van der Waals surface area contributed by atoms with E-state index < -0.39 is 6.10 Å². The summed E-state index contributed by atoms with van der Waals surface area (Å²) in [4.78, 5) is 23.3. The lowest BCUT2D eigenvalue weighted by molar-refractivity contribution is -0.125. The molecule has 0 bridgehead atoms. The number of fused-ring (bicyclic) bond motifs is 1. The van der Waals surface area contributed by atoms with Crippen LogP contribution in [0, 0.1) is 0 Å². The minimum absolute atomic E-state index is 0.116. The van der Waals surface area contributed by atoms with Crippen molar-refractivity contribution in [2.24, 2.45) is 0 Å². The molecule has 2 aromatic rings. The average molecular weight is 278 g/mol. The molecule has 3 heterocycles. The molecular weight excluding hydrogens is 264 g/mol. The predicted molar refractivity (Wildman–Crippen MR) is 66.7 cm³/mol. The Morgan fingerprint density at radius 2 is 2.50 bits per heavy atom. The highest BCUT2D eigenvalue weighted by molar-refractivity contribution is 5.76. The normalized spacial score (nSPS) is 17.7. The highest BCUT2D eigenvalue weighted by Crippen LogP contribution is 2.21. The first kappa shape index (κ1) is 12.7. The summed E-state index contributed by atoms with van der Waals surface area (Å²) >= 11 is 0. The molecule has 3 rings (SSSR count). The van der Waals surface area contributed by atoms with Crippen molar-refractivity contribution in [2.75, 3.05) is 6.61 Å². The summed E-state index contributed by atoms with van der Waals surface area (Å²) in [5, 5.41) is 9.00. The summed E-state index contributed by atoms with van der Waals surface area (Å²) in [6.45, 7) is 1.17. The molecule has 0 saturated heterocycles. The van der Waals surface area contributed by atoms with Crippen LogP contribution < -0.4 is 11.0 Å². The van der Waals surface area contributed by atoms with Gasteiger partial charge in [0.15, 0.2) is 5.82 Å². The Morgan fingerprint density at radius 3 is 3.30 bits per heavy atom. The second-order valence-electron chi connectivity index (χ2n) is 4.46. The summed E-state index contributed by atoms with van der Waals surface area (Å²) in [5.41, 5.74) is -0.274. The molecule has 1 atom stereocenters. The van der Waals surface area contributed by atoms with E-state index in [1.165, 1.54) is 4.57 Å². The van der Waals surface area contributed by atoms with Gasteiger partial charge < -0.3 is 14.5 Å². The Labute approximate surface area is 113 Å². The largest absolute Gasteiger partial charge is 0.467 e. The van der Waals surface area contributed by atoms with Gasteiger partial charge in [-0.1, -0.05) is 0 Å². The van der Waals surface area contributed by atoms with Gasteiger partial charge in [0, 0.05) is 0 Å². The number of aromatic amines is 1. The summed E-state index contributed by atoms with van der Waals surface area (Å²) in [6, 6.07) is 3.54. The molecule has 0 aromatic carbocycles. The first-order chi connectivity index (χ1) is 9.74. The van der Waals surface area contributed by atoms with E-state index in [1.54, 1.807) is 18.4 Å². The van der Waals surface area contributed by atoms with E-state index >= 15 is 0 Å². The van der Waals surface area contributed by atoms with Crippen molar-refractivity contribution < 1.29 is 13.9 Å². The quantitative estimate of drug-likeness (QED) is 0.815. The molecule has 0 saturated carbocycles. The average Bonchev–Trinajstić information content (AvgIpc) is 3.08. The van der Waals surface area contributed by atoms with Crippen LogP contribution in [-0.2, 0) is 22.6 Å². The Hall–Kier alpha value is -2.35. The fourth-order valence-corrected chi connectivity index (χ4v) is 2.14. The Morgan fingerprint density at radius 1 is 1.60 bits per heavy atom. The van der Waals surface area contributed by atoms with Gasteiger partial charge >= 0.3 is 5.69 Å². The third kappa shape index (κ3) is 2.50. The molecule has 8 heteroatoms. The van der Waals surface area contributed by atoms with Gasteiger partial charge in [-0.25, -0.2) is 9.89 Å². The van der Waals surface area contributed by atoms with Gasteiger partial charge in [-0.2, -0.15) is 5.10 Å². The maximum absolute atomic E-state index is 11.9. The van der Waals surface area contributed by atoms with Gasteiger partial charge in [-0.3, -0.25) is 9.36 Å². The molecule has 20 heavy (non-hydrogen) atoms. The highest BCUT2D eigenvalue weighted by Gasteiger charge is 2.26. The smallest absolute Gasteiger partial charge is 0.343 e. The van der Waals surface area contributed by atoms with Crippen LogP contribution in [0.3, 0.4) is 0 Å². The number of hydrogen-bond acceptors (Lipinski definition) is 5. The summed E-state index contributed by atoms with van der Waals surface area (Å²) in [7, 11) is 0. The SMILES string of the molecule is O=C(CC1OCCn2c1n[nH]c2=O)NCc1ccco1. The third-order valence-corrected chi connectivity index (χ3v) is 3.12. The number of nitrogens with one attached hydrogen (secondary N) is 2. The molecule has 0 radical (unpaired) electrons. The Kier molecular flexibility index (Phi) is 3.38. The van der Waals surface area contributed by atoms with E-state index in [9.17, 15) is 9.59 Å². The number of furan rings is 1. The third-order valence-electron chi connectivity index (χ3n) is 3.12. The van der Waals surface area contributed by atoms with E-state index in [4.69, 9.17) is 9.15 Å². The standard InChI is InChI=1S/C12H14N4O4/c17-10(13-7-8-2-1-4-19-8)6-9-11-14-15-12(18)16(11)3-5-20-9/h1-2,4,9H,3,5-7H2,(H,13,17)(H,15,18). The zero-order chi connectivity index (χ0) is 13.9. The molecule has 8 nitrogen and oxygen atoms in total. The fraction of sp³-hybridized carbons (Fsp3) is 0.417. The van der Waals surface area contributed by atoms with Crippen LogP contribution in [-0.4, -0.2) is 27.3 Å². The van der Waals surface area contributed by atoms with Crippen LogP contribution in [0.25, 0.3) is 0 Å². The first-order valence-electron chi connectivity index (χ1n) is 6.30. The van der Waals surface area contributed by atoms with Gasteiger partial charge in [0.05, 0.1) is 32.4 Å². The second-order valence-corrected chi connectivity index (χ2v) is 4.46. The van der Waals surface area contributed by atoms with E-state index in [2.05, 4.69) is 15.5 Å². The van der Waals surface area contributed by atoms with Gasteiger partial charge in [0.25, 0.3) is 0 Å². The number of rotatable bonds is 4. The van der Waals surface area contributed by atoms with E-state index in [-0.39, 0.29) is 18.0 Å². The maximum Gasteiger partial charge on any atom is 0.343 e. The number of ether oxygens (including phenoxy) is 1. The van der Waals surface area contributed by atoms with Crippen molar-refractivity contribution in [3.63, 3.8) is 0 Å². The van der Waals surface area contributed by atoms with Crippen LogP contribution in [0.2, 0.25) is 0 Å². The molecule has 1 aliphatic rings. The number of amides is 1. The molecule has 2 aromatic heterocycles. The second kappa shape index (κ2) is 5.33. The molecule has 0 aliphatic carbocycles. The van der Waals surface area contributed by atoms with Gasteiger partial charge in [-0.15, -0.1) is 0 Å². The van der Waals surface area contributed by atoms with E-state index in [0.717, 1.165) is 0 Å². The van der Waals surface area contributed by atoms with Crippen LogP contribution in [0.15, 0.2) is 27.6 Å². The monoisotopic (exact) mass is 278 g/mol. The van der Waals surface area contributed by atoms with E-state index in [0.29, 0.717) is 31.3 Å². The molecule has 0 spiro atoms. The zero-order valence-corrected chi connectivity index (χ0v) is 10.7. The number of H-pyrrole nitrogens is 1. The minimum atomic E-state index is -0.501. The summed E-state index contributed by atoms with van der Waals surface area (Å²) in [5.74, 6) is 0.962. The molecule has 106 valence electrons. The lowest BCUT2D eigenvalue weighted by atomic mass is 10.2. The summed E-state index contributed by atoms with van der Waals surface area (Å²) in [6.07, 6.45) is 1.17. The highest BCUT2D eigenvalue weighted by atomic mass is 16.5. The van der Waals surface area contributed by atoms with Crippen LogP contribution >= 0.6 is 0 Å². The summed E-state index contributed by atoms with van der Waals surface area (Å²) < 4.78 is 12.1. The van der Waals surface area contributed by atoms with Crippen molar-refractivity contribution in [1.29, 1.82) is 0 Å². The van der Waals surface area contributed by atoms with Crippen molar-refractivity contribution in [1.82, 2.24) is 20.1 Å². The van der Waals surface area contributed by atoms with Gasteiger partial charge in [0.2, 0.25) is 5.91 Å². The van der Waals surface area contributed by atoms with Gasteiger partial charge in [0.1, 0.15) is 11.9 Å². The molecule has 1 unspecified atom stereocenters. The van der Waals surface area contributed by atoms with E-state index in [1.807, 2.05) is 0 Å². The molecule has 0 fully saturated rings. The van der Waals surface area contributed by atoms with Crippen molar-refractivity contribution in [2.45, 2.75) is 25.6 Å². The lowest BCUT2D eigenvalue weighted by Crippen LogP contribution is -2.32. The number of hydrogen-bond donors (Lipinski definition) is 2. The topological polar surface area (TPSA) is 102 Å². The zero-order valence-electron chi connectivity index (χ0n) is 10.7. The Bertz CT molecular complexity index is 643. The molecule has 1 aliphatic heterocycles. The van der Waals surface area contributed by atoms with Crippen LogP contribution in [0.5, 0.6) is 0 Å². The van der Waals surface area contributed by atoms with Crippen molar-refractivity contribution in [3.8, 4) is 0 Å². The molecule has 2 N–H and O–H groups in total. The maximum atomic E-state index is 11.9. The van der Waals surface area contributed by atoms with Gasteiger partial charge in [-0.05, 0) is 12.1 Å². The molecule has 1 amide bonds. The fourth-order valence-electron chi connectivity index (χ4n) is 2.14. The lowest BCUT2D eigenvalue weighted by Gasteiger charge is -2.22. The number of carbonyl (C=O) groups is 1. The van der Waals surface area contributed by atoms with Crippen molar-refractivity contribution in [3.05, 3.63) is 40.5 Å². The Balaban J connectivity index is 1.61. The van der Waals surface area contributed by atoms with Crippen LogP contribution in [0.4, 0.5) is 0 Å². The molecular formula is C12H14N4O4.